The lowest BCUT2D eigenvalue weighted by Gasteiger charge is -2.13. The van der Waals surface area contributed by atoms with Crippen LogP contribution < -0.4 is 9.47 Å². The molecule has 0 saturated carbocycles. The number of esters is 1. The smallest absolute Gasteiger partial charge is 0.333 e. The minimum Gasteiger partial charge on any atom is -0.494 e. The molecule has 4 heteroatoms. The Labute approximate surface area is 238 Å². The molecule has 4 nitrogen and oxygen atoms in total. The van der Waals surface area contributed by atoms with Gasteiger partial charge >= 0.3 is 5.97 Å². The van der Waals surface area contributed by atoms with Crippen LogP contribution in [-0.2, 0) is 16.1 Å². The zero-order valence-corrected chi connectivity index (χ0v) is 25.0. The number of hydrogen-bond acceptors (Lipinski definition) is 4. The van der Waals surface area contributed by atoms with E-state index in [0.717, 1.165) is 48.5 Å². The molecule has 0 bridgehead atoms. The van der Waals surface area contributed by atoms with Gasteiger partial charge in [-0.1, -0.05) is 102 Å². The van der Waals surface area contributed by atoms with Crippen LogP contribution in [0.4, 0.5) is 0 Å². The van der Waals surface area contributed by atoms with Crippen LogP contribution in [0.3, 0.4) is 0 Å². The van der Waals surface area contributed by atoms with Crippen molar-refractivity contribution in [2.45, 2.75) is 124 Å². The van der Waals surface area contributed by atoms with E-state index in [-0.39, 0.29) is 12.1 Å². The van der Waals surface area contributed by atoms with Crippen molar-refractivity contribution >= 4 is 12.0 Å². The molecule has 1 atom stereocenters. The van der Waals surface area contributed by atoms with Crippen molar-refractivity contribution in [3.63, 3.8) is 0 Å². The molecule has 0 radical (unpaired) electrons. The summed E-state index contributed by atoms with van der Waals surface area (Å²) >= 11 is 0. The van der Waals surface area contributed by atoms with Gasteiger partial charge in [-0.3, -0.25) is 0 Å². The molecule has 2 rings (SSSR count). The van der Waals surface area contributed by atoms with Crippen molar-refractivity contribution in [1.29, 1.82) is 0 Å². The Kier molecular flexibility index (Phi) is 16.8. The molecule has 0 spiro atoms. The fourth-order valence-corrected chi connectivity index (χ4v) is 4.44. The molecule has 1 unspecified atom stereocenters. The summed E-state index contributed by atoms with van der Waals surface area (Å²) in [5.74, 6) is 1.46. The second kappa shape index (κ2) is 20.2. The van der Waals surface area contributed by atoms with Gasteiger partial charge in [0.05, 0.1) is 12.7 Å². The third-order valence-corrected chi connectivity index (χ3v) is 6.95. The maximum Gasteiger partial charge on any atom is 0.333 e. The molecule has 39 heavy (non-hydrogen) atoms. The second-order valence-electron chi connectivity index (χ2n) is 10.7. The molecule has 0 aromatic heterocycles. The van der Waals surface area contributed by atoms with Crippen molar-refractivity contribution in [1.82, 2.24) is 0 Å². The van der Waals surface area contributed by atoms with Crippen LogP contribution in [0.15, 0.2) is 54.1 Å². The van der Waals surface area contributed by atoms with Crippen molar-refractivity contribution in [2.24, 2.45) is 0 Å². The van der Waals surface area contributed by atoms with Gasteiger partial charge in [0.15, 0.2) is 0 Å². The summed E-state index contributed by atoms with van der Waals surface area (Å²) < 4.78 is 17.4. The van der Waals surface area contributed by atoms with E-state index in [1.807, 2.05) is 49.4 Å². The summed E-state index contributed by atoms with van der Waals surface area (Å²) in [6, 6.07) is 15.9. The summed E-state index contributed by atoms with van der Waals surface area (Å²) in [6.07, 6.45) is 17.9. The van der Waals surface area contributed by atoms with Crippen LogP contribution in [-0.4, -0.2) is 18.7 Å². The quantitative estimate of drug-likeness (QED) is 0.0904. The van der Waals surface area contributed by atoms with Gasteiger partial charge in [-0.2, -0.15) is 0 Å². The van der Waals surface area contributed by atoms with Crippen molar-refractivity contribution in [2.75, 3.05) is 6.61 Å². The second-order valence-corrected chi connectivity index (χ2v) is 10.7. The van der Waals surface area contributed by atoms with E-state index in [4.69, 9.17) is 14.2 Å². The summed E-state index contributed by atoms with van der Waals surface area (Å²) in [5.41, 5.74) is 2.65. The van der Waals surface area contributed by atoms with Crippen molar-refractivity contribution < 1.29 is 19.0 Å². The predicted molar refractivity (Wildman–Crippen MR) is 163 cm³/mol. The SMILES string of the molecule is CCCCCCCCCCOc1ccc(COc2ccc(C=C(C)C(=O)OC(C)CCCCCC)cc2)cc1. The summed E-state index contributed by atoms with van der Waals surface area (Å²) in [5, 5.41) is 0. The third kappa shape index (κ3) is 14.8. The summed E-state index contributed by atoms with van der Waals surface area (Å²) in [6.45, 7) is 9.51. The van der Waals surface area contributed by atoms with Crippen molar-refractivity contribution in [3.8, 4) is 11.5 Å². The Morgan fingerprint density at radius 3 is 1.90 bits per heavy atom. The average molecular weight is 537 g/mol. The molecule has 0 saturated heterocycles. The minimum atomic E-state index is -0.247. The summed E-state index contributed by atoms with van der Waals surface area (Å²) in [7, 11) is 0. The maximum absolute atomic E-state index is 12.4. The van der Waals surface area contributed by atoms with Gasteiger partial charge in [-0.15, -0.1) is 0 Å². The topological polar surface area (TPSA) is 44.8 Å². The number of carbonyl (C=O) groups is 1. The van der Waals surface area contributed by atoms with E-state index in [1.165, 1.54) is 64.2 Å². The Bertz CT molecular complexity index is 930. The van der Waals surface area contributed by atoms with Gasteiger partial charge in [0.1, 0.15) is 18.1 Å². The highest BCUT2D eigenvalue weighted by Gasteiger charge is 2.11. The standard InChI is InChI=1S/C35H52O4/c1-5-7-9-11-12-13-14-16-26-37-33-24-20-32(21-25-33)28-38-34-22-18-31(19-23-34)27-29(3)35(36)39-30(4)17-15-10-8-6-2/h18-25,27,30H,5-17,26,28H2,1-4H3. The molecular weight excluding hydrogens is 484 g/mol. The Morgan fingerprint density at radius 2 is 1.26 bits per heavy atom. The van der Waals surface area contributed by atoms with Gasteiger partial charge in [-0.05, 0) is 74.6 Å². The highest BCUT2D eigenvalue weighted by molar-refractivity contribution is 5.93. The molecule has 0 N–H and O–H groups in total. The van der Waals surface area contributed by atoms with Crippen LogP contribution in [0.5, 0.6) is 11.5 Å². The van der Waals surface area contributed by atoms with Crippen LogP contribution in [0, 0.1) is 0 Å². The van der Waals surface area contributed by atoms with E-state index in [1.54, 1.807) is 6.92 Å². The molecule has 2 aromatic rings. The predicted octanol–water partition coefficient (Wildman–Crippen LogP) is 10.1. The lowest BCUT2D eigenvalue weighted by molar-refractivity contribution is -0.143. The largest absolute Gasteiger partial charge is 0.494 e. The van der Waals surface area contributed by atoms with Gasteiger partial charge in [-0.25, -0.2) is 4.79 Å². The van der Waals surface area contributed by atoms with Crippen LogP contribution >= 0.6 is 0 Å². The molecule has 0 aliphatic heterocycles. The molecule has 0 heterocycles. The number of benzene rings is 2. The number of rotatable bonds is 21. The van der Waals surface area contributed by atoms with Crippen LogP contribution in [0.25, 0.3) is 6.08 Å². The van der Waals surface area contributed by atoms with Gasteiger partial charge in [0, 0.05) is 5.57 Å². The fraction of sp³-hybridized carbons (Fsp3) is 0.571. The lowest BCUT2D eigenvalue weighted by atomic mass is 10.1. The Morgan fingerprint density at radius 1 is 0.718 bits per heavy atom. The third-order valence-electron chi connectivity index (χ3n) is 6.95. The monoisotopic (exact) mass is 536 g/mol. The van der Waals surface area contributed by atoms with E-state index in [2.05, 4.69) is 26.0 Å². The van der Waals surface area contributed by atoms with Gasteiger partial charge in [0.25, 0.3) is 0 Å². The minimum absolute atomic E-state index is 0.0518. The van der Waals surface area contributed by atoms with Gasteiger partial charge in [0.2, 0.25) is 0 Å². The first kappa shape index (κ1) is 32.5. The summed E-state index contributed by atoms with van der Waals surface area (Å²) in [4.78, 5) is 12.4. The highest BCUT2D eigenvalue weighted by atomic mass is 16.5. The van der Waals surface area contributed by atoms with E-state index >= 15 is 0 Å². The molecule has 0 fully saturated rings. The molecule has 216 valence electrons. The molecular formula is C35H52O4. The molecule has 0 aliphatic rings. The molecule has 2 aromatic carbocycles. The normalized spacial score (nSPS) is 12.3. The maximum atomic E-state index is 12.4. The fourth-order valence-electron chi connectivity index (χ4n) is 4.44. The van der Waals surface area contributed by atoms with Crippen LogP contribution in [0.1, 0.15) is 122 Å². The highest BCUT2D eigenvalue weighted by Crippen LogP contribution is 2.19. The van der Waals surface area contributed by atoms with Crippen LogP contribution in [0.2, 0.25) is 0 Å². The number of unbranched alkanes of at least 4 members (excludes halogenated alkanes) is 10. The lowest BCUT2D eigenvalue weighted by Crippen LogP contribution is -2.15. The molecule has 0 aliphatic carbocycles. The average Bonchev–Trinajstić information content (AvgIpc) is 2.94. The molecule has 0 amide bonds. The van der Waals surface area contributed by atoms with E-state index < -0.39 is 0 Å². The van der Waals surface area contributed by atoms with Gasteiger partial charge < -0.3 is 14.2 Å². The first-order valence-corrected chi connectivity index (χ1v) is 15.4. The first-order chi connectivity index (χ1) is 19.0. The number of hydrogen-bond donors (Lipinski definition) is 0. The Balaban J connectivity index is 1.67. The number of ether oxygens (including phenoxy) is 3. The Hall–Kier alpha value is -2.75. The number of carbonyl (C=O) groups excluding carboxylic acids is 1. The zero-order chi connectivity index (χ0) is 28.1. The van der Waals surface area contributed by atoms with E-state index in [9.17, 15) is 4.79 Å². The zero-order valence-electron chi connectivity index (χ0n) is 25.0. The first-order valence-electron chi connectivity index (χ1n) is 15.4. The van der Waals surface area contributed by atoms with Crippen molar-refractivity contribution in [3.05, 3.63) is 65.2 Å². The van der Waals surface area contributed by atoms with E-state index in [0.29, 0.717) is 12.2 Å².